The lowest BCUT2D eigenvalue weighted by atomic mass is 10.3. The van der Waals surface area contributed by atoms with Gasteiger partial charge in [0.05, 0.1) is 5.52 Å². The summed E-state index contributed by atoms with van der Waals surface area (Å²) in [5, 5.41) is 0. The number of nitrogens with one attached hydrogen (secondary N) is 1. The van der Waals surface area contributed by atoms with Gasteiger partial charge in [0, 0.05) is 20.8 Å². The predicted molar refractivity (Wildman–Crippen MR) is 81.7 cm³/mol. The summed E-state index contributed by atoms with van der Waals surface area (Å²) in [6, 6.07) is 9.92. The predicted octanol–water partition coefficient (Wildman–Crippen LogP) is 4.61. The van der Waals surface area contributed by atoms with Crippen molar-refractivity contribution in [2.24, 2.45) is 0 Å². The van der Waals surface area contributed by atoms with Crippen LogP contribution in [-0.2, 0) is 0 Å². The summed E-state index contributed by atoms with van der Waals surface area (Å²) in [4.78, 5) is 7.56. The molecule has 1 aromatic carbocycles. The smallest absolute Gasteiger partial charge is 0.183 e. The summed E-state index contributed by atoms with van der Waals surface area (Å²) in [7, 11) is 0. The molecule has 0 amide bonds. The highest BCUT2D eigenvalue weighted by Gasteiger charge is 2.07. The Hall–Kier alpha value is -0.980. The molecule has 3 aromatic rings. The first-order valence-corrected chi connectivity index (χ1v) is 7.17. The molecule has 3 nitrogen and oxygen atoms in total. The van der Waals surface area contributed by atoms with E-state index in [-0.39, 0.29) is 0 Å². The first-order valence-electron chi connectivity index (χ1n) is 5.17. The summed E-state index contributed by atoms with van der Waals surface area (Å²) in [5.74, 6) is 0. The maximum Gasteiger partial charge on any atom is 0.183 e. The minimum absolute atomic E-state index is 0.637. The van der Waals surface area contributed by atoms with Crippen molar-refractivity contribution in [1.82, 2.24) is 14.5 Å². The normalized spacial score (nSPS) is 11.0. The van der Waals surface area contributed by atoms with Crippen molar-refractivity contribution in [3.63, 3.8) is 0 Å². The van der Waals surface area contributed by atoms with E-state index in [2.05, 4.69) is 41.8 Å². The third-order valence-electron chi connectivity index (χ3n) is 2.57. The van der Waals surface area contributed by atoms with Crippen LogP contribution in [0.25, 0.3) is 16.9 Å². The SMILES string of the molecule is S=c1[nH]c2cc(Br)cnc2n1-c1ccc(Br)cc1. The van der Waals surface area contributed by atoms with Gasteiger partial charge in [-0.1, -0.05) is 15.9 Å². The van der Waals surface area contributed by atoms with Crippen LogP contribution in [0, 0.1) is 4.77 Å². The molecule has 0 bridgehead atoms. The van der Waals surface area contributed by atoms with Crippen LogP contribution in [0.1, 0.15) is 0 Å². The molecule has 3 rings (SSSR count). The second-order valence-electron chi connectivity index (χ2n) is 3.77. The van der Waals surface area contributed by atoms with Crippen molar-refractivity contribution in [2.45, 2.75) is 0 Å². The molecule has 0 saturated heterocycles. The second kappa shape index (κ2) is 4.60. The quantitative estimate of drug-likeness (QED) is 0.621. The van der Waals surface area contributed by atoms with E-state index >= 15 is 0 Å². The minimum Gasteiger partial charge on any atom is -0.329 e. The Kier molecular flexibility index (Phi) is 3.09. The number of fused-ring (bicyclic) bond motifs is 1. The molecule has 6 heteroatoms. The van der Waals surface area contributed by atoms with Crippen molar-refractivity contribution in [1.29, 1.82) is 0 Å². The molecule has 0 saturated carbocycles. The second-order valence-corrected chi connectivity index (χ2v) is 5.98. The number of imidazole rings is 1. The van der Waals surface area contributed by atoms with E-state index in [0.29, 0.717) is 4.77 Å². The molecule has 0 aliphatic carbocycles. The third-order valence-corrected chi connectivity index (χ3v) is 3.82. The number of H-pyrrole nitrogens is 1. The number of benzene rings is 1. The highest BCUT2D eigenvalue weighted by atomic mass is 79.9. The number of hydrogen-bond donors (Lipinski definition) is 1. The fourth-order valence-electron chi connectivity index (χ4n) is 1.80. The van der Waals surface area contributed by atoms with E-state index in [1.54, 1.807) is 6.20 Å². The van der Waals surface area contributed by atoms with Crippen molar-refractivity contribution in [3.05, 3.63) is 50.2 Å². The van der Waals surface area contributed by atoms with Gasteiger partial charge in [-0.3, -0.25) is 4.57 Å². The van der Waals surface area contributed by atoms with Gasteiger partial charge in [-0.2, -0.15) is 0 Å². The highest BCUT2D eigenvalue weighted by Crippen LogP contribution is 2.21. The fourth-order valence-corrected chi connectivity index (χ4v) is 2.70. The summed E-state index contributed by atoms with van der Waals surface area (Å²) >= 11 is 12.2. The third kappa shape index (κ3) is 2.04. The number of nitrogens with zero attached hydrogens (tertiary/aromatic N) is 2. The number of hydrogen-bond acceptors (Lipinski definition) is 2. The molecule has 0 atom stereocenters. The van der Waals surface area contributed by atoms with E-state index in [1.807, 2.05) is 34.9 Å². The van der Waals surface area contributed by atoms with Crippen molar-refractivity contribution < 1.29 is 0 Å². The lowest BCUT2D eigenvalue weighted by molar-refractivity contribution is 1.04. The Morgan fingerprint density at radius 1 is 1.11 bits per heavy atom. The molecule has 0 unspecified atom stereocenters. The average molecular weight is 385 g/mol. The summed E-state index contributed by atoms with van der Waals surface area (Å²) in [5.41, 5.74) is 2.73. The molecule has 0 radical (unpaired) electrons. The van der Waals surface area contributed by atoms with Crippen molar-refractivity contribution in [3.8, 4) is 5.69 Å². The van der Waals surface area contributed by atoms with Gasteiger partial charge < -0.3 is 4.98 Å². The topological polar surface area (TPSA) is 33.6 Å². The first kappa shape index (κ1) is 12.1. The van der Waals surface area contributed by atoms with E-state index in [0.717, 1.165) is 25.8 Å². The fraction of sp³-hybridized carbons (Fsp3) is 0. The van der Waals surface area contributed by atoms with Crippen molar-refractivity contribution in [2.75, 3.05) is 0 Å². The molecule has 2 heterocycles. The van der Waals surface area contributed by atoms with Crippen LogP contribution in [0.4, 0.5) is 0 Å². The van der Waals surface area contributed by atoms with Crippen LogP contribution < -0.4 is 0 Å². The van der Waals surface area contributed by atoms with E-state index < -0.39 is 0 Å². The summed E-state index contributed by atoms with van der Waals surface area (Å²) in [6.45, 7) is 0. The Morgan fingerprint density at radius 3 is 2.56 bits per heavy atom. The van der Waals surface area contributed by atoms with Crippen LogP contribution in [0.2, 0.25) is 0 Å². The molecule has 0 aliphatic rings. The van der Waals surface area contributed by atoms with E-state index in [4.69, 9.17) is 12.2 Å². The van der Waals surface area contributed by atoms with Gasteiger partial charge in [0.15, 0.2) is 10.4 Å². The number of pyridine rings is 1. The molecule has 0 spiro atoms. The molecule has 0 aliphatic heterocycles. The van der Waals surface area contributed by atoms with E-state index in [9.17, 15) is 0 Å². The zero-order chi connectivity index (χ0) is 12.7. The summed E-state index contributed by atoms with van der Waals surface area (Å²) < 4.78 is 4.52. The molecule has 2 aromatic heterocycles. The number of aromatic amines is 1. The molecule has 90 valence electrons. The highest BCUT2D eigenvalue weighted by molar-refractivity contribution is 9.10. The molecule has 1 N–H and O–H groups in total. The van der Waals surface area contributed by atoms with Gasteiger partial charge in [-0.15, -0.1) is 0 Å². The van der Waals surface area contributed by atoms with Crippen LogP contribution in [0.5, 0.6) is 0 Å². The largest absolute Gasteiger partial charge is 0.329 e. The van der Waals surface area contributed by atoms with Gasteiger partial charge in [0.25, 0.3) is 0 Å². The van der Waals surface area contributed by atoms with Gasteiger partial charge in [0.1, 0.15) is 0 Å². The molecule has 0 fully saturated rings. The number of aromatic nitrogens is 3. The maximum absolute atomic E-state index is 5.35. The number of halogens is 2. The maximum atomic E-state index is 5.35. The monoisotopic (exact) mass is 383 g/mol. The Balaban J connectivity index is 2.32. The zero-order valence-corrected chi connectivity index (χ0v) is 13.0. The average Bonchev–Trinajstić information content (AvgIpc) is 2.65. The van der Waals surface area contributed by atoms with Crippen LogP contribution >= 0.6 is 44.1 Å². The molecular formula is C12H7Br2N3S. The Bertz CT molecular complexity index is 774. The van der Waals surface area contributed by atoms with Crippen LogP contribution in [0.15, 0.2) is 45.5 Å². The first-order chi connectivity index (χ1) is 8.65. The lowest BCUT2D eigenvalue weighted by Gasteiger charge is -2.03. The van der Waals surface area contributed by atoms with Crippen LogP contribution in [0.3, 0.4) is 0 Å². The van der Waals surface area contributed by atoms with Gasteiger partial charge in [0.2, 0.25) is 0 Å². The Morgan fingerprint density at radius 2 is 1.83 bits per heavy atom. The van der Waals surface area contributed by atoms with Crippen molar-refractivity contribution >= 4 is 55.2 Å². The minimum atomic E-state index is 0.637. The summed E-state index contributed by atoms with van der Waals surface area (Å²) in [6.07, 6.45) is 1.76. The standard InChI is InChI=1S/C12H7Br2N3S/c13-7-1-3-9(4-2-7)17-11-10(16-12(17)18)5-8(14)6-15-11/h1-6H,(H,16,18). The zero-order valence-electron chi connectivity index (χ0n) is 9.02. The Labute approximate surface area is 125 Å². The lowest BCUT2D eigenvalue weighted by Crippen LogP contribution is -1.94. The van der Waals surface area contributed by atoms with Gasteiger partial charge >= 0.3 is 0 Å². The molecular weight excluding hydrogens is 378 g/mol. The van der Waals surface area contributed by atoms with Gasteiger partial charge in [-0.05, 0) is 58.5 Å². The van der Waals surface area contributed by atoms with E-state index in [1.165, 1.54) is 0 Å². The molecule has 18 heavy (non-hydrogen) atoms. The number of rotatable bonds is 1. The van der Waals surface area contributed by atoms with Crippen LogP contribution in [-0.4, -0.2) is 14.5 Å². The van der Waals surface area contributed by atoms with Gasteiger partial charge in [-0.25, -0.2) is 4.98 Å².